The molecule has 0 amide bonds. The number of nitrogens with zero attached hydrogens (tertiary/aromatic N) is 1. The largest absolute Gasteiger partial charge is 0.456 e. The van der Waals surface area contributed by atoms with Crippen LogP contribution in [0.5, 0.6) is 0 Å². The Balaban J connectivity index is 1.20. The summed E-state index contributed by atoms with van der Waals surface area (Å²) in [5.41, 5.74) is 9.05. The van der Waals surface area contributed by atoms with Crippen LogP contribution in [-0.2, 0) is 0 Å². The first-order valence-corrected chi connectivity index (χ1v) is 14.5. The Bertz CT molecular complexity index is 2450. The normalized spacial score (nSPS) is 11.7. The van der Waals surface area contributed by atoms with Crippen LogP contribution in [0.4, 0.5) is 17.1 Å². The monoisotopic (exact) mass is 551 g/mol. The van der Waals surface area contributed by atoms with Gasteiger partial charge in [-0.05, 0) is 71.1 Å². The fourth-order valence-corrected chi connectivity index (χ4v) is 6.40. The fraction of sp³-hybridized carbons (Fsp3) is 0. The van der Waals surface area contributed by atoms with Crippen molar-refractivity contribution in [2.75, 3.05) is 4.90 Å². The van der Waals surface area contributed by atoms with E-state index >= 15 is 0 Å². The molecule has 0 bridgehead atoms. The average Bonchev–Trinajstić information content (AvgIpc) is 3.65. The summed E-state index contributed by atoms with van der Waals surface area (Å²) in [5, 5.41) is 6.80. The van der Waals surface area contributed by atoms with Gasteiger partial charge < -0.3 is 13.7 Å². The first-order chi connectivity index (χ1) is 21.3. The maximum atomic E-state index is 6.73. The predicted molar refractivity (Wildman–Crippen MR) is 179 cm³/mol. The highest BCUT2D eigenvalue weighted by atomic mass is 16.3. The summed E-state index contributed by atoms with van der Waals surface area (Å²) in [7, 11) is 0. The van der Waals surface area contributed by atoms with Gasteiger partial charge in [0.1, 0.15) is 16.7 Å². The molecule has 0 aliphatic rings. The van der Waals surface area contributed by atoms with Crippen LogP contribution >= 0.6 is 0 Å². The Hall–Kier alpha value is -5.80. The molecule has 0 atom stereocenters. The van der Waals surface area contributed by atoms with Crippen molar-refractivity contribution in [1.29, 1.82) is 0 Å². The number of fused-ring (bicyclic) bond motifs is 8. The Morgan fingerprint density at radius 3 is 1.93 bits per heavy atom. The second kappa shape index (κ2) is 9.37. The third-order valence-electron chi connectivity index (χ3n) is 8.46. The summed E-state index contributed by atoms with van der Waals surface area (Å²) in [6.45, 7) is 0. The van der Waals surface area contributed by atoms with Crippen molar-refractivity contribution in [2.45, 2.75) is 0 Å². The molecule has 9 rings (SSSR count). The minimum absolute atomic E-state index is 0.874. The van der Waals surface area contributed by atoms with E-state index in [0.29, 0.717) is 0 Å². The van der Waals surface area contributed by atoms with Crippen LogP contribution in [0, 0.1) is 0 Å². The van der Waals surface area contributed by atoms with Crippen molar-refractivity contribution in [3.05, 3.63) is 152 Å². The van der Waals surface area contributed by atoms with Crippen molar-refractivity contribution >= 4 is 71.7 Å². The third kappa shape index (κ3) is 3.75. The van der Waals surface area contributed by atoms with Gasteiger partial charge in [-0.15, -0.1) is 0 Å². The summed E-state index contributed by atoms with van der Waals surface area (Å²) in [6, 6.07) is 53.1. The highest BCUT2D eigenvalue weighted by molar-refractivity contribution is 6.17. The van der Waals surface area contributed by atoms with Crippen LogP contribution in [0.1, 0.15) is 0 Å². The van der Waals surface area contributed by atoms with Gasteiger partial charge in [0, 0.05) is 38.3 Å². The van der Waals surface area contributed by atoms with Crippen LogP contribution in [0.25, 0.3) is 65.8 Å². The Morgan fingerprint density at radius 1 is 0.372 bits per heavy atom. The summed E-state index contributed by atoms with van der Waals surface area (Å²) < 4.78 is 12.8. The Kier molecular flexibility index (Phi) is 5.20. The molecular weight excluding hydrogens is 526 g/mol. The van der Waals surface area contributed by atoms with Crippen LogP contribution < -0.4 is 4.90 Å². The standard InChI is InChI=1S/C40H25NO2/c1-2-10-29(11-3-1)41(36-15-8-14-33-34-23-19-27-9-4-5-12-31(27)39(34)43-40(33)36)30-21-17-26(18-22-30)28-20-24-38-35(25-28)32-13-6-7-16-37(32)42-38/h1-25H. The molecule has 0 spiro atoms. The van der Waals surface area contributed by atoms with Crippen LogP contribution in [-0.4, -0.2) is 0 Å². The highest BCUT2D eigenvalue weighted by Gasteiger charge is 2.20. The van der Waals surface area contributed by atoms with Gasteiger partial charge in [-0.25, -0.2) is 0 Å². The summed E-state index contributed by atoms with van der Waals surface area (Å²) in [6.07, 6.45) is 0. The van der Waals surface area contributed by atoms with E-state index in [1.54, 1.807) is 0 Å². The number of hydrogen-bond acceptors (Lipinski definition) is 3. The first-order valence-electron chi connectivity index (χ1n) is 14.5. The molecule has 0 unspecified atom stereocenters. The van der Waals surface area contributed by atoms with E-state index in [-0.39, 0.29) is 0 Å². The lowest BCUT2D eigenvalue weighted by atomic mass is 10.0. The number of furan rings is 2. The molecule has 7 aromatic carbocycles. The minimum atomic E-state index is 0.874. The molecule has 0 radical (unpaired) electrons. The lowest BCUT2D eigenvalue weighted by Crippen LogP contribution is -2.10. The van der Waals surface area contributed by atoms with Crippen LogP contribution in [0.15, 0.2) is 160 Å². The van der Waals surface area contributed by atoms with Crippen molar-refractivity contribution in [3.63, 3.8) is 0 Å². The van der Waals surface area contributed by atoms with Gasteiger partial charge in [0.05, 0.1) is 5.69 Å². The van der Waals surface area contributed by atoms with Crippen LogP contribution in [0.3, 0.4) is 0 Å². The van der Waals surface area contributed by atoms with Gasteiger partial charge in [0.25, 0.3) is 0 Å². The first kappa shape index (κ1) is 23.9. The van der Waals surface area contributed by atoms with Gasteiger partial charge in [-0.3, -0.25) is 0 Å². The maximum absolute atomic E-state index is 6.73. The molecule has 3 heteroatoms. The van der Waals surface area contributed by atoms with E-state index in [1.807, 2.05) is 18.2 Å². The molecule has 202 valence electrons. The maximum Gasteiger partial charge on any atom is 0.159 e. The molecule has 0 saturated heterocycles. The van der Waals surface area contributed by atoms with Gasteiger partial charge in [-0.1, -0.05) is 97.1 Å². The smallest absolute Gasteiger partial charge is 0.159 e. The molecule has 0 N–H and O–H groups in total. The quantitative estimate of drug-likeness (QED) is 0.218. The third-order valence-corrected chi connectivity index (χ3v) is 8.46. The highest BCUT2D eigenvalue weighted by Crippen LogP contribution is 2.43. The predicted octanol–water partition coefficient (Wildman–Crippen LogP) is 11.8. The van der Waals surface area contributed by atoms with E-state index in [9.17, 15) is 0 Å². The van der Waals surface area contributed by atoms with Gasteiger partial charge in [-0.2, -0.15) is 0 Å². The zero-order chi connectivity index (χ0) is 28.3. The molecule has 0 saturated carbocycles. The number of benzene rings is 7. The van der Waals surface area contributed by atoms with E-state index in [2.05, 4.69) is 138 Å². The number of anilines is 3. The molecule has 43 heavy (non-hydrogen) atoms. The molecule has 2 aromatic heterocycles. The molecule has 2 heterocycles. The summed E-state index contributed by atoms with van der Waals surface area (Å²) in [5.74, 6) is 0. The SMILES string of the molecule is c1ccc(N(c2ccc(-c3ccc4oc5ccccc5c4c3)cc2)c2cccc3c2oc2c4ccccc4ccc32)cc1. The number of hydrogen-bond donors (Lipinski definition) is 0. The van der Waals surface area contributed by atoms with Gasteiger partial charge >= 0.3 is 0 Å². The topological polar surface area (TPSA) is 29.5 Å². The average molecular weight is 552 g/mol. The number of para-hydroxylation sites is 3. The lowest BCUT2D eigenvalue weighted by molar-refractivity contribution is 0.669. The van der Waals surface area contributed by atoms with Crippen molar-refractivity contribution in [1.82, 2.24) is 0 Å². The summed E-state index contributed by atoms with van der Waals surface area (Å²) in [4.78, 5) is 2.28. The summed E-state index contributed by atoms with van der Waals surface area (Å²) >= 11 is 0. The molecule has 0 fully saturated rings. The molecule has 9 aromatic rings. The Labute approximate surface area is 247 Å². The lowest BCUT2D eigenvalue weighted by Gasteiger charge is -2.25. The number of rotatable bonds is 4. The molecule has 0 aliphatic heterocycles. The second-order valence-corrected chi connectivity index (χ2v) is 10.9. The van der Waals surface area contributed by atoms with Crippen molar-refractivity contribution in [3.8, 4) is 11.1 Å². The molecule has 3 nitrogen and oxygen atoms in total. The van der Waals surface area contributed by atoms with Crippen LogP contribution in [0.2, 0.25) is 0 Å². The van der Waals surface area contributed by atoms with E-state index in [1.165, 1.54) is 5.39 Å². The minimum Gasteiger partial charge on any atom is -0.456 e. The van der Waals surface area contributed by atoms with Gasteiger partial charge in [0.15, 0.2) is 5.58 Å². The fourth-order valence-electron chi connectivity index (χ4n) is 6.40. The molecule has 0 aliphatic carbocycles. The van der Waals surface area contributed by atoms with Crippen molar-refractivity contribution in [2.24, 2.45) is 0 Å². The van der Waals surface area contributed by atoms with Gasteiger partial charge in [0.2, 0.25) is 0 Å². The van der Waals surface area contributed by atoms with Crippen molar-refractivity contribution < 1.29 is 8.83 Å². The van der Waals surface area contributed by atoms with E-state index < -0.39 is 0 Å². The Morgan fingerprint density at radius 2 is 1.05 bits per heavy atom. The van der Waals surface area contributed by atoms with E-state index in [4.69, 9.17) is 8.83 Å². The second-order valence-electron chi connectivity index (χ2n) is 10.9. The zero-order valence-electron chi connectivity index (χ0n) is 23.2. The van der Waals surface area contributed by atoms with E-state index in [0.717, 1.165) is 77.5 Å². The zero-order valence-corrected chi connectivity index (χ0v) is 23.2. The molecular formula is C40H25NO2.